The first-order valence-electron chi connectivity index (χ1n) is 14.8. The fraction of sp³-hybridized carbons (Fsp3) is 0.353. The smallest absolute Gasteiger partial charge is 0.253 e. The van der Waals surface area contributed by atoms with Gasteiger partial charge in [-0.25, -0.2) is 9.07 Å². The fourth-order valence-corrected chi connectivity index (χ4v) is 5.50. The first-order valence-corrected chi connectivity index (χ1v) is 14.8. The van der Waals surface area contributed by atoms with Crippen LogP contribution in [-0.4, -0.2) is 50.9 Å². The van der Waals surface area contributed by atoms with Crippen molar-refractivity contribution in [2.24, 2.45) is 0 Å². The summed E-state index contributed by atoms with van der Waals surface area (Å²) in [5, 5.41) is 13.9. The maximum atomic E-state index is 15.2. The van der Waals surface area contributed by atoms with Gasteiger partial charge in [-0.15, -0.1) is 5.10 Å². The van der Waals surface area contributed by atoms with Crippen LogP contribution < -0.4 is 15.0 Å². The number of hydrogen-bond donors (Lipinski definition) is 1. The van der Waals surface area contributed by atoms with Crippen molar-refractivity contribution in [3.63, 3.8) is 0 Å². The van der Waals surface area contributed by atoms with E-state index in [1.165, 1.54) is 6.07 Å². The van der Waals surface area contributed by atoms with Crippen LogP contribution in [0.4, 0.5) is 4.39 Å². The van der Waals surface area contributed by atoms with Crippen molar-refractivity contribution in [1.82, 2.24) is 30.1 Å². The number of halogens is 1. The second-order valence-corrected chi connectivity index (χ2v) is 11.6. The average molecular weight is 599 g/mol. The number of H-pyrrole nitrogens is 1. The number of nitrogens with zero attached hydrogens (tertiary/aromatic N) is 5. The highest BCUT2D eigenvalue weighted by Crippen LogP contribution is 2.33. The number of nitrogens with one attached hydrogen (secondary N) is 1. The van der Waals surface area contributed by atoms with Gasteiger partial charge in [0.1, 0.15) is 11.9 Å². The third-order valence-corrected chi connectivity index (χ3v) is 8.42. The summed E-state index contributed by atoms with van der Waals surface area (Å²) in [5.41, 5.74) is 3.04. The molecule has 0 radical (unpaired) electrons. The van der Waals surface area contributed by atoms with Gasteiger partial charge in [0.05, 0.1) is 25.3 Å². The zero-order chi connectivity index (χ0) is 31.4. The molecule has 3 aromatic carbocycles. The molecule has 0 saturated heterocycles. The van der Waals surface area contributed by atoms with E-state index in [9.17, 15) is 4.79 Å². The molecule has 230 valence electrons. The van der Waals surface area contributed by atoms with Gasteiger partial charge in [-0.1, -0.05) is 49.4 Å². The van der Waals surface area contributed by atoms with Gasteiger partial charge in [0, 0.05) is 24.2 Å². The van der Waals surface area contributed by atoms with Gasteiger partial charge >= 0.3 is 0 Å². The number of aromatic nitrogens is 5. The van der Waals surface area contributed by atoms with Gasteiger partial charge in [0.15, 0.2) is 17.3 Å². The molecule has 1 unspecified atom stereocenters. The molecule has 5 aromatic rings. The van der Waals surface area contributed by atoms with E-state index in [4.69, 9.17) is 9.47 Å². The summed E-state index contributed by atoms with van der Waals surface area (Å²) >= 11 is 0. The second kappa shape index (κ2) is 13.0. The minimum atomic E-state index is -0.691. The number of tetrazole rings is 1. The Bertz CT molecular complexity index is 1810. The molecule has 10 heteroatoms. The summed E-state index contributed by atoms with van der Waals surface area (Å²) in [5.74, 6) is 1.45. The minimum absolute atomic E-state index is 0.218. The van der Waals surface area contributed by atoms with Crippen LogP contribution in [0.5, 0.6) is 11.5 Å². The Morgan fingerprint density at radius 1 is 1.02 bits per heavy atom. The van der Waals surface area contributed by atoms with Crippen molar-refractivity contribution in [1.29, 1.82) is 0 Å². The van der Waals surface area contributed by atoms with E-state index in [1.54, 1.807) is 31.0 Å². The number of rotatable bonds is 12. The maximum Gasteiger partial charge on any atom is 0.253 e. The lowest BCUT2D eigenvalue weighted by molar-refractivity contribution is 0.188. The number of ether oxygens (including phenoxy) is 2. The Hall–Kier alpha value is -4.57. The molecule has 0 aliphatic carbocycles. The highest BCUT2D eigenvalue weighted by atomic mass is 19.1. The second-order valence-electron chi connectivity index (χ2n) is 11.6. The molecule has 0 saturated carbocycles. The Balaban J connectivity index is 1.69. The van der Waals surface area contributed by atoms with Gasteiger partial charge < -0.3 is 14.5 Å². The Kier molecular flexibility index (Phi) is 9.10. The fourth-order valence-electron chi connectivity index (χ4n) is 5.50. The number of benzene rings is 3. The Morgan fingerprint density at radius 2 is 1.80 bits per heavy atom. The summed E-state index contributed by atoms with van der Waals surface area (Å²) in [7, 11) is 3.20. The van der Waals surface area contributed by atoms with Crippen molar-refractivity contribution in [3.05, 3.63) is 111 Å². The first-order chi connectivity index (χ1) is 21.2. The molecular formula is C34H39FN6O3. The molecule has 0 fully saturated rings. The number of aromatic amines is 1. The van der Waals surface area contributed by atoms with E-state index < -0.39 is 11.6 Å². The number of aryl methyl sites for hydroxylation is 1. The molecule has 0 amide bonds. The first kappa shape index (κ1) is 30.9. The van der Waals surface area contributed by atoms with Crippen LogP contribution in [0.25, 0.3) is 10.9 Å². The monoisotopic (exact) mass is 598 g/mol. The van der Waals surface area contributed by atoms with E-state index in [2.05, 4.69) is 46.2 Å². The van der Waals surface area contributed by atoms with Crippen molar-refractivity contribution in [2.45, 2.75) is 58.7 Å². The lowest BCUT2D eigenvalue weighted by Crippen LogP contribution is -2.39. The van der Waals surface area contributed by atoms with Crippen molar-refractivity contribution in [3.8, 4) is 11.5 Å². The SMILES string of the molecule is CCC(C)(C)n1nnnc1C(c1cc2cccc(C)c2[nH]c1=O)N(CCc1ccc(OC)c(OC)c1)Cc1ccccc1F. The van der Waals surface area contributed by atoms with E-state index in [0.717, 1.165) is 28.5 Å². The van der Waals surface area contributed by atoms with Crippen molar-refractivity contribution >= 4 is 10.9 Å². The van der Waals surface area contributed by atoms with Crippen LogP contribution in [0.15, 0.2) is 71.5 Å². The molecule has 2 heterocycles. The average Bonchev–Trinajstić information content (AvgIpc) is 3.52. The van der Waals surface area contributed by atoms with Gasteiger partial charge in [-0.05, 0) is 84.8 Å². The van der Waals surface area contributed by atoms with Crippen LogP contribution in [0.3, 0.4) is 0 Å². The van der Waals surface area contributed by atoms with E-state index in [1.807, 2.05) is 55.5 Å². The zero-order valence-corrected chi connectivity index (χ0v) is 26.1. The standard InChI is InChI=1S/C34H39FN6O3/c1-7-34(3,4)41-32(37-38-39-41)31(26-20-24-13-10-11-22(2)30(24)36-33(26)42)40(21-25-12-8-9-14-27(25)35)18-17-23-15-16-28(43-5)29(19-23)44-6/h8-16,19-20,31H,7,17-18,21H2,1-6H3,(H,36,42). The topological polar surface area (TPSA) is 98.2 Å². The quantitative estimate of drug-likeness (QED) is 0.189. The zero-order valence-electron chi connectivity index (χ0n) is 26.1. The number of methoxy groups -OCH3 is 2. The highest BCUT2D eigenvalue weighted by molar-refractivity contribution is 5.82. The summed E-state index contributed by atoms with van der Waals surface area (Å²) in [6.07, 6.45) is 1.33. The number of para-hydroxylation sites is 1. The van der Waals surface area contributed by atoms with Crippen molar-refractivity contribution in [2.75, 3.05) is 20.8 Å². The van der Waals surface area contributed by atoms with Crippen LogP contribution in [0, 0.1) is 12.7 Å². The molecule has 0 spiro atoms. The summed E-state index contributed by atoms with van der Waals surface area (Å²) in [6, 6.07) is 19.6. The van der Waals surface area contributed by atoms with Crippen LogP contribution in [0.2, 0.25) is 0 Å². The third kappa shape index (κ3) is 6.21. The normalized spacial score (nSPS) is 12.5. The molecule has 1 N–H and O–H groups in total. The summed E-state index contributed by atoms with van der Waals surface area (Å²) in [6.45, 7) is 8.83. The molecule has 44 heavy (non-hydrogen) atoms. The summed E-state index contributed by atoms with van der Waals surface area (Å²) in [4.78, 5) is 19.1. The Labute approximate surface area is 256 Å². The van der Waals surface area contributed by atoms with Gasteiger partial charge in [0.2, 0.25) is 0 Å². The van der Waals surface area contributed by atoms with Gasteiger partial charge in [0.25, 0.3) is 5.56 Å². The lowest BCUT2D eigenvalue weighted by atomic mass is 9.98. The molecule has 1 atom stereocenters. The minimum Gasteiger partial charge on any atom is -0.493 e. The van der Waals surface area contributed by atoms with E-state index in [0.29, 0.717) is 41.4 Å². The predicted molar refractivity (Wildman–Crippen MR) is 169 cm³/mol. The molecule has 9 nitrogen and oxygen atoms in total. The number of fused-ring (bicyclic) bond motifs is 1. The van der Waals surface area contributed by atoms with E-state index in [-0.39, 0.29) is 17.9 Å². The van der Waals surface area contributed by atoms with Crippen molar-refractivity contribution < 1.29 is 13.9 Å². The number of hydrogen-bond acceptors (Lipinski definition) is 7. The molecule has 0 bridgehead atoms. The van der Waals surface area contributed by atoms with E-state index >= 15 is 4.39 Å². The third-order valence-electron chi connectivity index (χ3n) is 8.42. The lowest BCUT2D eigenvalue weighted by Gasteiger charge is -2.34. The Morgan fingerprint density at radius 3 is 2.52 bits per heavy atom. The predicted octanol–water partition coefficient (Wildman–Crippen LogP) is 5.96. The highest BCUT2D eigenvalue weighted by Gasteiger charge is 2.34. The largest absolute Gasteiger partial charge is 0.493 e. The van der Waals surface area contributed by atoms with Crippen LogP contribution in [-0.2, 0) is 18.5 Å². The summed E-state index contributed by atoms with van der Waals surface area (Å²) < 4.78 is 27.9. The van der Waals surface area contributed by atoms with Gasteiger partial charge in [-0.3, -0.25) is 9.69 Å². The molecular weight excluding hydrogens is 559 g/mol. The maximum absolute atomic E-state index is 15.2. The van der Waals surface area contributed by atoms with Crippen LogP contribution >= 0.6 is 0 Å². The molecule has 0 aliphatic heterocycles. The van der Waals surface area contributed by atoms with Gasteiger partial charge in [-0.2, -0.15) is 0 Å². The molecule has 5 rings (SSSR count). The van der Waals surface area contributed by atoms with Crippen LogP contribution in [0.1, 0.15) is 61.3 Å². The molecule has 2 aromatic heterocycles. The number of pyridine rings is 1. The molecule has 0 aliphatic rings.